The first kappa shape index (κ1) is 26.3. The molecule has 2 aliphatic rings. The van der Waals surface area contributed by atoms with Gasteiger partial charge in [0.15, 0.2) is 6.10 Å². The molecule has 0 radical (unpaired) electrons. The maximum Gasteiger partial charge on any atom is 0.273 e. The lowest BCUT2D eigenvalue weighted by Gasteiger charge is -2.32. The van der Waals surface area contributed by atoms with Gasteiger partial charge in [0.1, 0.15) is 17.2 Å². The number of amides is 2. The van der Waals surface area contributed by atoms with Gasteiger partial charge in [0.05, 0.1) is 14.2 Å². The summed E-state index contributed by atoms with van der Waals surface area (Å²) >= 11 is 0. The highest BCUT2D eigenvalue weighted by Crippen LogP contribution is 2.33. The zero-order valence-electron chi connectivity index (χ0n) is 22.5. The van der Waals surface area contributed by atoms with E-state index in [2.05, 4.69) is 10.5 Å². The van der Waals surface area contributed by atoms with Crippen LogP contribution in [0.5, 0.6) is 11.5 Å². The maximum atomic E-state index is 13.2. The van der Waals surface area contributed by atoms with E-state index in [-0.39, 0.29) is 17.9 Å². The molecular weight excluding hydrogens is 494 g/mol. The van der Waals surface area contributed by atoms with E-state index in [1.807, 2.05) is 66.4 Å². The molecule has 3 aromatic carbocycles. The summed E-state index contributed by atoms with van der Waals surface area (Å²) in [5.41, 5.74) is 4.73. The quantitative estimate of drug-likeness (QED) is 0.439. The Morgan fingerprint density at radius 3 is 2.18 bits per heavy atom. The van der Waals surface area contributed by atoms with Gasteiger partial charge in [-0.15, -0.1) is 0 Å². The Morgan fingerprint density at radius 1 is 0.923 bits per heavy atom. The summed E-state index contributed by atoms with van der Waals surface area (Å²) in [4.78, 5) is 33.3. The van der Waals surface area contributed by atoms with Crippen molar-refractivity contribution in [2.45, 2.75) is 38.2 Å². The Hall–Kier alpha value is -4.33. The second-order valence-electron chi connectivity index (χ2n) is 9.90. The van der Waals surface area contributed by atoms with Crippen LogP contribution in [0.15, 0.2) is 71.9 Å². The standard InChI is InChI=1S/C31H33N3O5/c1-20-27(37-2)17-24(18-28(20)38-3)31(36)34-15-13-22(14-16-34)21-9-11-25(12-10-21)32-30(35)26-19-29(39-33-26)23-7-5-4-6-8-23/h4-12,17-18,22,29H,13-16,19H2,1-3H3,(H,32,35). The molecule has 8 heteroatoms. The number of anilines is 1. The summed E-state index contributed by atoms with van der Waals surface area (Å²) in [6.07, 6.45) is 1.94. The van der Waals surface area contributed by atoms with E-state index in [0.29, 0.717) is 53.9 Å². The van der Waals surface area contributed by atoms with Crippen LogP contribution in [0.3, 0.4) is 0 Å². The van der Waals surface area contributed by atoms with Crippen molar-refractivity contribution in [1.29, 1.82) is 0 Å². The van der Waals surface area contributed by atoms with Crippen LogP contribution < -0.4 is 14.8 Å². The van der Waals surface area contributed by atoms with E-state index in [9.17, 15) is 9.59 Å². The van der Waals surface area contributed by atoms with Crippen molar-refractivity contribution < 1.29 is 23.9 Å². The molecular formula is C31H33N3O5. The molecule has 0 saturated carbocycles. The molecule has 0 bridgehead atoms. The summed E-state index contributed by atoms with van der Waals surface area (Å²) < 4.78 is 10.9. The predicted molar refractivity (Wildman–Crippen MR) is 150 cm³/mol. The summed E-state index contributed by atoms with van der Waals surface area (Å²) in [7, 11) is 3.19. The number of nitrogens with zero attached hydrogens (tertiary/aromatic N) is 2. The van der Waals surface area contributed by atoms with E-state index in [4.69, 9.17) is 14.3 Å². The number of piperidine rings is 1. The second-order valence-corrected chi connectivity index (χ2v) is 9.90. The number of ether oxygens (including phenoxy) is 2. The van der Waals surface area contributed by atoms with Gasteiger partial charge in [-0.05, 0) is 61.1 Å². The molecule has 2 aliphatic heterocycles. The second kappa shape index (κ2) is 11.6. The fourth-order valence-electron chi connectivity index (χ4n) is 5.21. The lowest BCUT2D eigenvalue weighted by atomic mass is 9.89. The first-order valence-corrected chi connectivity index (χ1v) is 13.2. The number of likely N-dealkylation sites (tertiary alicyclic amines) is 1. The van der Waals surface area contributed by atoms with Crippen molar-refractivity contribution in [2.75, 3.05) is 32.6 Å². The molecule has 5 rings (SSSR count). The number of oxime groups is 1. The van der Waals surface area contributed by atoms with Gasteiger partial charge in [-0.2, -0.15) is 0 Å². The minimum Gasteiger partial charge on any atom is -0.496 e. The summed E-state index contributed by atoms with van der Waals surface area (Å²) in [5.74, 6) is 1.36. The Balaban J connectivity index is 1.14. The SMILES string of the molecule is COc1cc(C(=O)N2CCC(c3ccc(NC(=O)C4=NOC(c5ccccc5)C4)cc3)CC2)cc(OC)c1C. The maximum absolute atomic E-state index is 13.2. The van der Waals surface area contributed by atoms with Crippen molar-refractivity contribution in [3.8, 4) is 11.5 Å². The van der Waals surface area contributed by atoms with Crippen LogP contribution >= 0.6 is 0 Å². The third-order valence-corrected chi connectivity index (χ3v) is 7.52. The van der Waals surface area contributed by atoms with Gasteiger partial charge >= 0.3 is 0 Å². The highest BCUT2D eigenvalue weighted by atomic mass is 16.6. The van der Waals surface area contributed by atoms with Crippen molar-refractivity contribution in [1.82, 2.24) is 4.90 Å². The highest BCUT2D eigenvalue weighted by Gasteiger charge is 2.28. The minimum absolute atomic E-state index is 0.0172. The van der Waals surface area contributed by atoms with Crippen LogP contribution in [0.4, 0.5) is 5.69 Å². The van der Waals surface area contributed by atoms with Gasteiger partial charge in [-0.1, -0.05) is 47.6 Å². The van der Waals surface area contributed by atoms with E-state index < -0.39 is 0 Å². The monoisotopic (exact) mass is 527 g/mol. The van der Waals surface area contributed by atoms with Crippen molar-refractivity contribution in [2.24, 2.45) is 5.16 Å². The Bertz CT molecular complexity index is 1340. The van der Waals surface area contributed by atoms with Crippen LogP contribution in [-0.4, -0.2) is 49.7 Å². The molecule has 2 amide bonds. The van der Waals surface area contributed by atoms with Crippen molar-refractivity contribution >= 4 is 23.2 Å². The summed E-state index contributed by atoms with van der Waals surface area (Å²) in [6.45, 7) is 3.25. The molecule has 1 N–H and O–H groups in total. The molecule has 8 nitrogen and oxygen atoms in total. The number of hydrogen-bond acceptors (Lipinski definition) is 6. The largest absolute Gasteiger partial charge is 0.496 e. The first-order chi connectivity index (χ1) is 19.0. The van der Waals surface area contributed by atoms with E-state index in [1.165, 1.54) is 5.56 Å². The molecule has 0 spiro atoms. The van der Waals surface area contributed by atoms with Gasteiger partial charge in [-0.25, -0.2) is 0 Å². The average Bonchev–Trinajstić information content (AvgIpc) is 3.49. The van der Waals surface area contributed by atoms with Gasteiger partial charge in [0, 0.05) is 36.3 Å². The topological polar surface area (TPSA) is 89.5 Å². The Labute approximate surface area is 228 Å². The van der Waals surface area contributed by atoms with Crippen LogP contribution in [0.25, 0.3) is 0 Å². The average molecular weight is 528 g/mol. The number of carbonyl (C=O) groups is 2. The molecule has 39 heavy (non-hydrogen) atoms. The highest BCUT2D eigenvalue weighted by molar-refractivity contribution is 6.43. The zero-order chi connectivity index (χ0) is 27.4. The zero-order valence-corrected chi connectivity index (χ0v) is 22.5. The number of rotatable bonds is 7. The number of nitrogens with one attached hydrogen (secondary N) is 1. The summed E-state index contributed by atoms with van der Waals surface area (Å²) in [6, 6.07) is 21.3. The smallest absolute Gasteiger partial charge is 0.273 e. The molecule has 202 valence electrons. The van der Waals surface area contributed by atoms with Crippen LogP contribution in [-0.2, 0) is 9.63 Å². The molecule has 1 fully saturated rings. The van der Waals surface area contributed by atoms with Gasteiger partial charge < -0.3 is 24.5 Å². The van der Waals surface area contributed by atoms with Crippen LogP contribution in [0, 0.1) is 6.92 Å². The minimum atomic E-state index is -0.252. The molecule has 1 saturated heterocycles. The number of methoxy groups -OCH3 is 2. The lowest BCUT2D eigenvalue weighted by Crippen LogP contribution is -2.38. The fraction of sp³-hybridized carbons (Fsp3) is 0.323. The third kappa shape index (κ3) is 5.74. The normalized spacial score (nSPS) is 17.3. The number of carbonyl (C=O) groups excluding carboxylic acids is 2. The van der Waals surface area contributed by atoms with Crippen molar-refractivity contribution in [3.63, 3.8) is 0 Å². The van der Waals surface area contributed by atoms with E-state index in [1.54, 1.807) is 26.4 Å². The van der Waals surface area contributed by atoms with Crippen molar-refractivity contribution in [3.05, 3.63) is 89.0 Å². The third-order valence-electron chi connectivity index (χ3n) is 7.52. The molecule has 3 aromatic rings. The van der Waals surface area contributed by atoms with E-state index >= 15 is 0 Å². The van der Waals surface area contributed by atoms with E-state index in [0.717, 1.165) is 24.0 Å². The van der Waals surface area contributed by atoms with Gasteiger partial charge in [0.2, 0.25) is 0 Å². The summed E-state index contributed by atoms with van der Waals surface area (Å²) in [5, 5.41) is 6.93. The Morgan fingerprint density at radius 2 is 1.56 bits per heavy atom. The lowest BCUT2D eigenvalue weighted by molar-refractivity contribution is -0.110. The molecule has 2 heterocycles. The molecule has 1 atom stereocenters. The van der Waals surface area contributed by atoms with Crippen LogP contribution in [0.2, 0.25) is 0 Å². The Kier molecular flexibility index (Phi) is 7.81. The molecule has 0 aromatic heterocycles. The fourth-order valence-corrected chi connectivity index (χ4v) is 5.21. The number of benzene rings is 3. The number of hydrogen-bond donors (Lipinski definition) is 1. The van der Waals surface area contributed by atoms with Gasteiger partial charge in [0.25, 0.3) is 11.8 Å². The molecule has 0 aliphatic carbocycles. The van der Waals surface area contributed by atoms with Crippen LogP contribution in [0.1, 0.15) is 58.3 Å². The first-order valence-electron chi connectivity index (χ1n) is 13.2. The molecule has 1 unspecified atom stereocenters. The predicted octanol–water partition coefficient (Wildman–Crippen LogP) is 5.49. The van der Waals surface area contributed by atoms with Gasteiger partial charge in [-0.3, -0.25) is 9.59 Å².